The van der Waals surface area contributed by atoms with Gasteiger partial charge in [0.15, 0.2) is 0 Å². The summed E-state index contributed by atoms with van der Waals surface area (Å²) in [7, 11) is 3.35. The molecule has 70 valence electrons. The predicted molar refractivity (Wildman–Crippen MR) is 53.8 cm³/mol. The first-order valence-corrected chi connectivity index (χ1v) is 3.98. The molecule has 0 spiro atoms. The standard InChI is InChI=1S/C9H13N3O/c1-11-8-4-3-6(10)5-7(8)9(13)12-2/h3-5,11H,10H2,1-2H3,(H,12,13). The number of amides is 1. The molecule has 0 fully saturated rings. The minimum Gasteiger partial charge on any atom is -0.399 e. The highest BCUT2D eigenvalue weighted by Crippen LogP contribution is 2.17. The zero-order chi connectivity index (χ0) is 9.84. The normalized spacial score (nSPS) is 9.38. The molecule has 0 unspecified atom stereocenters. The molecular formula is C9H13N3O. The molecule has 0 aliphatic carbocycles. The van der Waals surface area contributed by atoms with Crippen LogP contribution in [0.3, 0.4) is 0 Å². The molecule has 0 radical (unpaired) electrons. The quantitative estimate of drug-likeness (QED) is 0.584. The van der Waals surface area contributed by atoms with Crippen molar-refractivity contribution in [3.63, 3.8) is 0 Å². The highest BCUT2D eigenvalue weighted by Gasteiger charge is 2.08. The first-order chi connectivity index (χ1) is 6.19. The molecule has 1 aromatic rings. The number of hydrogen-bond acceptors (Lipinski definition) is 3. The van der Waals surface area contributed by atoms with Gasteiger partial charge in [0.2, 0.25) is 0 Å². The second-order valence-corrected chi connectivity index (χ2v) is 2.63. The summed E-state index contributed by atoms with van der Waals surface area (Å²) in [5, 5.41) is 5.47. The molecule has 0 atom stereocenters. The van der Waals surface area contributed by atoms with E-state index >= 15 is 0 Å². The summed E-state index contributed by atoms with van der Waals surface area (Å²) in [6.45, 7) is 0. The van der Waals surface area contributed by atoms with E-state index in [4.69, 9.17) is 5.73 Å². The smallest absolute Gasteiger partial charge is 0.253 e. The van der Waals surface area contributed by atoms with E-state index in [-0.39, 0.29) is 5.91 Å². The van der Waals surface area contributed by atoms with Gasteiger partial charge in [-0.1, -0.05) is 0 Å². The Kier molecular flexibility index (Phi) is 2.74. The van der Waals surface area contributed by atoms with Crippen molar-refractivity contribution in [1.82, 2.24) is 5.32 Å². The Morgan fingerprint density at radius 3 is 2.62 bits per heavy atom. The van der Waals surface area contributed by atoms with Gasteiger partial charge in [0.1, 0.15) is 0 Å². The number of carbonyl (C=O) groups is 1. The van der Waals surface area contributed by atoms with Crippen LogP contribution in [0.5, 0.6) is 0 Å². The Hall–Kier alpha value is -1.71. The lowest BCUT2D eigenvalue weighted by atomic mass is 10.1. The van der Waals surface area contributed by atoms with Crippen molar-refractivity contribution in [2.24, 2.45) is 0 Å². The molecule has 0 aliphatic rings. The second-order valence-electron chi connectivity index (χ2n) is 2.63. The van der Waals surface area contributed by atoms with Gasteiger partial charge < -0.3 is 16.4 Å². The number of rotatable bonds is 2. The minimum atomic E-state index is -0.142. The summed E-state index contributed by atoms with van der Waals surface area (Å²) in [6.07, 6.45) is 0. The lowest BCUT2D eigenvalue weighted by Gasteiger charge is -2.08. The number of hydrogen-bond donors (Lipinski definition) is 3. The van der Waals surface area contributed by atoms with Gasteiger partial charge in [0, 0.05) is 25.5 Å². The first-order valence-electron chi connectivity index (χ1n) is 3.98. The molecule has 1 aromatic carbocycles. The fraction of sp³-hybridized carbons (Fsp3) is 0.222. The Morgan fingerprint density at radius 2 is 2.08 bits per heavy atom. The predicted octanol–water partition coefficient (Wildman–Crippen LogP) is 0.670. The third-order valence-electron chi connectivity index (χ3n) is 1.78. The topological polar surface area (TPSA) is 67.2 Å². The zero-order valence-electron chi connectivity index (χ0n) is 7.72. The van der Waals surface area contributed by atoms with Gasteiger partial charge in [0.05, 0.1) is 5.56 Å². The number of nitrogens with one attached hydrogen (secondary N) is 2. The third kappa shape index (κ3) is 1.90. The van der Waals surface area contributed by atoms with Crippen LogP contribution in [-0.2, 0) is 0 Å². The zero-order valence-corrected chi connectivity index (χ0v) is 7.72. The Labute approximate surface area is 77.1 Å². The average Bonchev–Trinajstić information content (AvgIpc) is 2.16. The largest absolute Gasteiger partial charge is 0.399 e. The van der Waals surface area contributed by atoms with Gasteiger partial charge in [-0.15, -0.1) is 0 Å². The van der Waals surface area contributed by atoms with E-state index in [2.05, 4.69) is 10.6 Å². The average molecular weight is 179 g/mol. The van der Waals surface area contributed by atoms with Crippen LogP contribution in [0.15, 0.2) is 18.2 Å². The Balaban J connectivity index is 3.15. The maximum atomic E-state index is 11.3. The molecule has 0 bridgehead atoms. The molecule has 13 heavy (non-hydrogen) atoms. The molecule has 4 heteroatoms. The molecule has 0 aromatic heterocycles. The third-order valence-corrected chi connectivity index (χ3v) is 1.78. The molecule has 0 heterocycles. The summed E-state index contributed by atoms with van der Waals surface area (Å²) < 4.78 is 0. The van der Waals surface area contributed by atoms with Crippen molar-refractivity contribution in [2.45, 2.75) is 0 Å². The van der Waals surface area contributed by atoms with E-state index in [1.807, 2.05) is 0 Å². The van der Waals surface area contributed by atoms with Gasteiger partial charge in [-0.25, -0.2) is 0 Å². The summed E-state index contributed by atoms with van der Waals surface area (Å²) in [4.78, 5) is 11.3. The molecule has 0 saturated carbocycles. The van der Waals surface area contributed by atoms with E-state index in [0.717, 1.165) is 5.69 Å². The minimum absolute atomic E-state index is 0.142. The van der Waals surface area contributed by atoms with Crippen LogP contribution < -0.4 is 16.4 Å². The fourth-order valence-corrected chi connectivity index (χ4v) is 1.10. The van der Waals surface area contributed by atoms with Gasteiger partial charge >= 0.3 is 0 Å². The van der Waals surface area contributed by atoms with Crippen molar-refractivity contribution in [3.05, 3.63) is 23.8 Å². The number of nitrogens with two attached hydrogens (primary N) is 1. The van der Waals surface area contributed by atoms with Crippen LogP contribution in [0.4, 0.5) is 11.4 Å². The summed E-state index contributed by atoms with van der Waals surface area (Å²) in [5.74, 6) is -0.142. The molecule has 4 N–H and O–H groups in total. The number of benzene rings is 1. The molecule has 1 amide bonds. The maximum absolute atomic E-state index is 11.3. The van der Waals surface area contributed by atoms with Crippen molar-refractivity contribution in [3.8, 4) is 0 Å². The molecule has 0 saturated heterocycles. The highest BCUT2D eigenvalue weighted by molar-refractivity contribution is 6.00. The summed E-state index contributed by atoms with van der Waals surface area (Å²) in [5.41, 5.74) is 7.48. The molecule has 4 nitrogen and oxygen atoms in total. The van der Waals surface area contributed by atoms with Crippen LogP contribution in [0.1, 0.15) is 10.4 Å². The first kappa shape index (κ1) is 9.38. The van der Waals surface area contributed by atoms with Gasteiger partial charge in [0.25, 0.3) is 5.91 Å². The number of anilines is 2. The van der Waals surface area contributed by atoms with Gasteiger partial charge in [-0.2, -0.15) is 0 Å². The van der Waals surface area contributed by atoms with Crippen molar-refractivity contribution >= 4 is 17.3 Å². The van der Waals surface area contributed by atoms with Crippen molar-refractivity contribution < 1.29 is 4.79 Å². The summed E-state index contributed by atoms with van der Waals surface area (Å²) in [6, 6.07) is 5.17. The maximum Gasteiger partial charge on any atom is 0.253 e. The van der Waals surface area contributed by atoms with E-state index in [1.54, 1.807) is 32.3 Å². The van der Waals surface area contributed by atoms with Crippen LogP contribution in [0.25, 0.3) is 0 Å². The number of nitrogen functional groups attached to an aromatic ring is 1. The Morgan fingerprint density at radius 1 is 1.38 bits per heavy atom. The number of carbonyl (C=O) groups excluding carboxylic acids is 1. The van der Waals surface area contributed by atoms with Crippen LogP contribution >= 0.6 is 0 Å². The second kappa shape index (κ2) is 3.80. The molecule has 0 aliphatic heterocycles. The SMILES string of the molecule is CNC(=O)c1cc(N)ccc1NC. The summed E-state index contributed by atoms with van der Waals surface area (Å²) >= 11 is 0. The van der Waals surface area contributed by atoms with E-state index in [1.165, 1.54) is 0 Å². The van der Waals surface area contributed by atoms with Gasteiger partial charge in [-0.3, -0.25) is 4.79 Å². The molecule has 1 rings (SSSR count). The molecular weight excluding hydrogens is 166 g/mol. The van der Waals surface area contributed by atoms with Crippen molar-refractivity contribution in [1.29, 1.82) is 0 Å². The highest BCUT2D eigenvalue weighted by atomic mass is 16.1. The van der Waals surface area contributed by atoms with Crippen LogP contribution in [0, 0.1) is 0 Å². The van der Waals surface area contributed by atoms with Crippen LogP contribution in [0.2, 0.25) is 0 Å². The van der Waals surface area contributed by atoms with Crippen LogP contribution in [-0.4, -0.2) is 20.0 Å². The monoisotopic (exact) mass is 179 g/mol. The lowest BCUT2D eigenvalue weighted by molar-refractivity contribution is 0.0964. The van der Waals surface area contributed by atoms with Gasteiger partial charge in [-0.05, 0) is 18.2 Å². The van der Waals surface area contributed by atoms with E-state index in [0.29, 0.717) is 11.3 Å². The van der Waals surface area contributed by atoms with E-state index in [9.17, 15) is 4.79 Å². The fourth-order valence-electron chi connectivity index (χ4n) is 1.10. The Bertz CT molecular complexity index is 323. The van der Waals surface area contributed by atoms with E-state index < -0.39 is 0 Å². The van der Waals surface area contributed by atoms with Crippen molar-refractivity contribution in [2.75, 3.05) is 25.1 Å². The lowest BCUT2D eigenvalue weighted by Crippen LogP contribution is -2.19.